The van der Waals surface area contributed by atoms with E-state index < -0.39 is 0 Å². The molecule has 0 N–H and O–H groups in total. The third-order valence-electron chi connectivity index (χ3n) is 2.28. The van der Waals surface area contributed by atoms with Crippen LogP contribution in [0.5, 0.6) is 11.5 Å². The fourth-order valence-electron chi connectivity index (χ4n) is 1.44. The van der Waals surface area contributed by atoms with E-state index in [1.165, 1.54) is 19.6 Å². The molecule has 0 atom stereocenters. The van der Waals surface area contributed by atoms with Crippen LogP contribution >= 0.6 is 0 Å². The van der Waals surface area contributed by atoms with Crippen molar-refractivity contribution in [3.05, 3.63) is 42.1 Å². The third kappa shape index (κ3) is 2.13. The van der Waals surface area contributed by atoms with Crippen molar-refractivity contribution < 1.29 is 18.7 Å². The summed E-state index contributed by atoms with van der Waals surface area (Å²) in [4.78, 5) is 15.8. The lowest BCUT2D eigenvalue weighted by Crippen LogP contribution is -2.04. The van der Waals surface area contributed by atoms with Crippen LogP contribution < -0.4 is 9.47 Å². The fraction of sp³-hybridized carbons (Fsp3) is 0.167. The van der Waals surface area contributed by atoms with Gasteiger partial charge in [-0.05, 0) is 12.1 Å². The number of hydrogen-bond acceptors (Lipinski definition) is 5. The first-order valence-corrected chi connectivity index (χ1v) is 4.92. The van der Waals surface area contributed by atoms with Gasteiger partial charge in [0.2, 0.25) is 0 Å². The Hall–Kier alpha value is -2.30. The average molecular weight is 233 g/mol. The van der Waals surface area contributed by atoms with E-state index in [2.05, 4.69) is 4.98 Å². The molecule has 0 unspecified atom stereocenters. The number of nitrogens with zero attached hydrogens (tertiary/aromatic N) is 1. The summed E-state index contributed by atoms with van der Waals surface area (Å²) in [5.74, 6) is 0.751. The molecule has 0 fully saturated rings. The van der Waals surface area contributed by atoms with Gasteiger partial charge in [-0.15, -0.1) is 0 Å². The smallest absolute Gasteiger partial charge is 0.268 e. The van der Waals surface area contributed by atoms with Gasteiger partial charge in [-0.1, -0.05) is 0 Å². The Morgan fingerprint density at radius 2 is 2.12 bits per heavy atom. The molecule has 2 rings (SSSR count). The lowest BCUT2D eigenvalue weighted by atomic mass is 10.1. The van der Waals surface area contributed by atoms with E-state index in [4.69, 9.17) is 13.9 Å². The zero-order valence-electron chi connectivity index (χ0n) is 9.47. The molecule has 5 nitrogen and oxygen atoms in total. The topological polar surface area (TPSA) is 61.6 Å². The lowest BCUT2D eigenvalue weighted by Gasteiger charge is -2.07. The zero-order chi connectivity index (χ0) is 12.3. The molecule has 0 aliphatic rings. The Morgan fingerprint density at radius 1 is 1.29 bits per heavy atom. The first-order chi connectivity index (χ1) is 8.26. The molecule has 2 aromatic rings. The van der Waals surface area contributed by atoms with Gasteiger partial charge >= 0.3 is 0 Å². The highest BCUT2D eigenvalue weighted by Crippen LogP contribution is 2.26. The maximum Gasteiger partial charge on any atom is 0.268 e. The van der Waals surface area contributed by atoms with Gasteiger partial charge < -0.3 is 13.9 Å². The van der Waals surface area contributed by atoms with Gasteiger partial charge in [0, 0.05) is 6.07 Å². The van der Waals surface area contributed by atoms with E-state index in [-0.39, 0.29) is 11.7 Å². The van der Waals surface area contributed by atoms with Crippen molar-refractivity contribution in [3.63, 3.8) is 0 Å². The van der Waals surface area contributed by atoms with E-state index in [1.54, 1.807) is 25.3 Å². The number of carbonyl (C=O) groups excluding carboxylic acids is 1. The number of rotatable bonds is 4. The van der Waals surface area contributed by atoms with Crippen LogP contribution in [0.2, 0.25) is 0 Å². The molecule has 0 spiro atoms. The van der Waals surface area contributed by atoms with E-state index in [0.29, 0.717) is 17.1 Å². The van der Waals surface area contributed by atoms with Crippen LogP contribution in [-0.2, 0) is 0 Å². The second kappa shape index (κ2) is 4.69. The highest BCUT2D eigenvalue weighted by Gasteiger charge is 2.18. The van der Waals surface area contributed by atoms with Crippen LogP contribution in [0.1, 0.15) is 16.2 Å². The Kier molecular flexibility index (Phi) is 3.09. The van der Waals surface area contributed by atoms with Crippen LogP contribution in [0.4, 0.5) is 0 Å². The number of ketones is 1. The molecule has 1 aromatic carbocycles. The minimum Gasteiger partial charge on any atom is -0.497 e. The van der Waals surface area contributed by atoms with Crippen molar-refractivity contribution in [1.29, 1.82) is 0 Å². The predicted molar refractivity (Wildman–Crippen MR) is 59.5 cm³/mol. The van der Waals surface area contributed by atoms with Crippen LogP contribution in [0.25, 0.3) is 0 Å². The summed E-state index contributed by atoms with van der Waals surface area (Å²) in [7, 11) is 3.03. The molecular formula is C12H11NO4. The zero-order valence-corrected chi connectivity index (χ0v) is 9.47. The highest BCUT2D eigenvalue weighted by atomic mass is 16.5. The van der Waals surface area contributed by atoms with Crippen LogP contribution in [0.15, 0.2) is 35.1 Å². The molecule has 17 heavy (non-hydrogen) atoms. The number of ether oxygens (including phenoxy) is 2. The SMILES string of the molecule is COc1ccc(C(=O)c2ncco2)c(OC)c1. The summed E-state index contributed by atoms with van der Waals surface area (Å²) in [5, 5.41) is 0. The summed E-state index contributed by atoms with van der Waals surface area (Å²) < 4.78 is 15.1. The first-order valence-electron chi connectivity index (χ1n) is 4.92. The van der Waals surface area contributed by atoms with Gasteiger partial charge in [0.05, 0.1) is 26.0 Å². The normalized spacial score (nSPS) is 10.0. The largest absolute Gasteiger partial charge is 0.497 e. The van der Waals surface area contributed by atoms with Crippen LogP contribution in [0, 0.1) is 0 Å². The number of carbonyl (C=O) groups is 1. The Morgan fingerprint density at radius 3 is 2.71 bits per heavy atom. The van der Waals surface area contributed by atoms with Crippen molar-refractivity contribution in [2.45, 2.75) is 0 Å². The molecule has 0 aliphatic carbocycles. The van der Waals surface area contributed by atoms with E-state index in [9.17, 15) is 4.79 Å². The van der Waals surface area contributed by atoms with E-state index in [1.807, 2.05) is 0 Å². The molecule has 0 amide bonds. The summed E-state index contributed by atoms with van der Waals surface area (Å²) in [6, 6.07) is 4.93. The second-order valence-electron chi connectivity index (χ2n) is 3.23. The minimum atomic E-state index is -0.325. The molecule has 0 saturated carbocycles. The molecule has 5 heteroatoms. The summed E-state index contributed by atoms with van der Waals surface area (Å²) in [6.07, 6.45) is 2.77. The molecule has 1 aromatic heterocycles. The van der Waals surface area contributed by atoms with Gasteiger partial charge in [-0.2, -0.15) is 0 Å². The standard InChI is InChI=1S/C12H11NO4/c1-15-8-3-4-9(10(7-8)16-2)11(14)12-13-5-6-17-12/h3-7H,1-2H3. The van der Waals surface area contributed by atoms with Crippen molar-refractivity contribution >= 4 is 5.78 Å². The molecule has 0 bridgehead atoms. The molecule has 1 heterocycles. The highest BCUT2D eigenvalue weighted by molar-refractivity contribution is 6.07. The van der Waals surface area contributed by atoms with Gasteiger partial charge in [0.15, 0.2) is 0 Å². The predicted octanol–water partition coefficient (Wildman–Crippen LogP) is 1.92. The van der Waals surface area contributed by atoms with Gasteiger partial charge in [-0.3, -0.25) is 4.79 Å². The maximum absolute atomic E-state index is 12.0. The summed E-state index contributed by atoms with van der Waals surface area (Å²) in [5.41, 5.74) is 0.385. The Labute approximate surface area is 98.0 Å². The van der Waals surface area contributed by atoms with Gasteiger partial charge in [0.1, 0.15) is 17.8 Å². The quantitative estimate of drug-likeness (QED) is 0.755. The minimum absolute atomic E-state index is 0.0356. The van der Waals surface area contributed by atoms with Gasteiger partial charge in [0.25, 0.3) is 11.7 Å². The molecule has 0 saturated heterocycles. The molecule has 0 radical (unpaired) electrons. The number of oxazole rings is 1. The van der Waals surface area contributed by atoms with Crippen molar-refractivity contribution in [3.8, 4) is 11.5 Å². The van der Waals surface area contributed by atoms with Crippen molar-refractivity contribution in [2.75, 3.05) is 14.2 Å². The Bertz CT molecular complexity index is 519. The third-order valence-corrected chi connectivity index (χ3v) is 2.28. The van der Waals surface area contributed by atoms with Gasteiger partial charge in [-0.25, -0.2) is 4.98 Å². The monoisotopic (exact) mass is 233 g/mol. The fourth-order valence-corrected chi connectivity index (χ4v) is 1.44. The second-order valence-corrected chi connectivity index (χ2v) is 3.23. The number of benzene rings is 1. The molecule has 0 aliphatic heterocycles. The van der Waals surface area contributed by atoms with E-state index >= 15 is 0 Å². The molecular weight excluding hydrogens is 222 g/mol. The maximum atomic E-state index is 12.0. The lowest BCUT2D eigenvalue weighted by molar-refractivity contribution is 0.1000. The summed E-state index contributed by atoms with van der Waals surface area (Å²) in [6.45, 7) is 0. The summed E-state index contributed by atoms with van der Waals surface area (Å²) >= 11 is 0. The number of aromatic nitrogens is 1. The van der Waals surface area contributed by atoms with Crippen molar-refractivity contribution in [1.82, 2.24) is 4.98 Å². The van der Waals surface area contributed by atoms with Crippen LogP contribution in [0.3, 0.4) is 0 Å². The average Bonchev–Trinajstić information content (AvgIpc) is 2.91. The first kappa shape index (κ1) is 11.2. The number of hydrogen-bond donors (Lipinski definition) is 0. The molecule has 88 valence electrons. The van der Waals surface area contributed by atoms with Crippen molar-refractivity contribution in [2.24, 2.45) is 0 Å². The Balaban J connectivity index is 2.41. The van der Waals surface area contributed by atoms with Crippen LogP contribution in [-0.4, -0.2) is 25.0 Å². The van der Waals surface area contributed by atoms with E-state index in [0.717, 1.165) is 0 Å². The number of methoxy groups -OCH3 is 2.